The van der Waals surface area contributed by atoms with Crippen molar-refractivity contribution in [3.63, 3.8) is 0 Å². The molecule has 0 bridgehead atoms. The van der Waals surface area contributed by atoms with Gasteiger partial charge in [-0.05, 0) is 6.92 Å². The Kier molecular flexibility index (Phi) is 3.02. The number of carbonyl (C=O) groups is 1. The number of rotatable bonds is 3. The van der Waals surface area contributed by atoms with Crippen LogP contribution in [0.1, 0.15) is 12.5 Å². The third-order valence-corrected chi connectivity index (χ3v) is 1.64. The molecule has 1 heterocycles. The Morgan fingerprint density at radius 2 is 2.54 bits per heavy atom. The van der Waals surface area contributed by atoms with Crippen LogP contribution in [0.2, 0.25) is 0 Å². The minimum Gasteiger partial charge on any atom is -0.351 e. The minimum atomic E-state index is -0.461. The summed E-state index contributed by atoms with van der Waals surface area (Å²) in [6.45, 7) is 2.13. The van der Waals surface area contributed by atoms with Gasteiger partial charge in [-0.15, -0.1) is 0 Å². The average Bonchev–Trinajstić information content (AvgIpc) is 2.47. The third kappa shape index (κ3) is 2.87. The van der Waals surface area contributed by atoms with Crippen LogP contribution in [0.25, 0.3) is 0 Å². The molecule has 0 aliphatic carbocycles. The Morgan fingerprint density at radius 1 is 1.85 bits per heavy atom. The van der Waals surface area contributed by atoms with Crippen LogP contribution in [-0.4, -0.2) is 21.7 Å². The number of nitrogens with zero attached hydrogens (tertiary/aromatic N) is 2. The van der Waals surface area contributed by atoms with Gasteiger partial charge in [-0.1, -0.05) is 0 Å². The molecule has 0 fully saturated rings. The summed E-state index contributed by atoms with van der Waals surface area (Å²) in [5, 5.41) is 6.67. The van der Waals surface area contributed by atoms with Crippen molar-refractivity contribution in [3.05, 3.63) is 18.0 Å². The molecule has 0 saturated carbocycles. The molecule has 1 atom stereocenters. The summed E-state index contributed by atoms with van der Waals surface area (Å²) in [5.74, 6) is -0.149. The normalized spacial score (nSPS) is 12.5. The topological polar surface area (TPSA) is 72.9 Å². The van der Waals surface area contributed by atoms with E-state index in [-0.39, 0.29) is 5.91 Å². The molecule has 5 heteroatoms. The van der Waals surface area contributed by atoms with Gasteiger partial charge in [0.15, 0.2) is 0 Å². The molecule has 0 radical (unpaired) electrons. The van der Waals surface area contributed by atoms with Crippen LogP contribution in [0.15, 0.2) is 12.4 Å². The molecular weight excluding hydrogens is 168 g/mol. The van der Waals surface area contributed by atoms with Crippen molar-refractivity contribution in [2.75, 3.05) is 0 Å². The molecule has 1 amide bonds. The van der Waals surface area contributed by atoms with Gasteiger partial charge in [-0.25, -0.2) is 0 Å². The number of nitrogens with one attached hydrogen (secondary N) is 1. The first kappa shape index (κ1) is 9.73. The fourth-order valence-corrected chi connectivity index (χ4v) is 0.913. The lowest BCUT2D eigenvalue weighted by Crippen LogP contribution is -2.37. The fraction of sp³-hybridized carbons (Fsp3) is 0.500. The molecule has 0 aliphatic heterocycles. The van der Waals surface area contributed by atoms with E-state index in [0.29, 0.717) is 6.54 Å². The molecule has 1 aromatic heterocycles. The molecule has 0 spiro atoms. The highest BCUT2D eigenvalue weighted by atomic mass is 16.2. The quantitative estimate of drug-likeness (QED) is 0.654. The average molecular weight is 182 g/mol. The lowest BCUT2D eigenvalue weighted by Gasteiger charge is -2.05. The molecule has 1 unspecified atom stereocenters. The van der Waals surface area contributed by atoms with Gasteiger partial charge in [-0.2, -0.15) is 5.10 Å². The summed E-state index contributed by atoms with van der Waals surface area (Å²) < 4.78 is 1.69. The van der Waals surface area contributed by atoms with E-state index < -0.39 is 6.04 Å². The van der Waals surface area contributed by atoms with Gasteiger partial charge in [0.25, 0.3) is 0 Å². The molecule has 0 aromatic carbocycles. The lowest BCUT2D eigenvalue weighted by atomic mass is 10.3. The molecule has 13 heavy (non-hydrogen) atoms. The minimum absolute atomic E-state index is 0.149. The standard InChI is InChI=1S/C8H14N4O/c1-6(9)8(13)10-3-7-4-11-12(2)5-7/h4-6H,3,9H2,1-2H3,(H,10,13). The third-order valence-electron chi connectivity index (χ3n) is 1.64. The van der Waals surface area contributed by atoms with E-state index in [9.17, 15) is 4.79 Å². The highest BCUT2D eigenvalue weighted by molar-refractivity contribution is 5.80. The Balaban J connectivity index is 2.39. The molecule has 3 N–H and O–H groups in total. The Bertz CT molecular complexity index is 292. The Labute approximate surface area is 76.9 Å². The van der Waals surface area contributed by atoms with Crippen molar-refractivity contribution in [1.82, 2.24) is 15.1 Å². The highest BCUT2D eigenvalue weighted by Gasteiger charge is 2.06. The second-order valence-corrected chi connectivity index (χ2v) is 3.03. The van der Waals surface area contributed by atoms with Crippen molar-refractivity contribution in [2.24, 2.45) is 12.8 Å². The van der Waals surface area contributed by atoms with Crippen molar-refractivity contribution in [3.8, 4) is 0 Å². The predicted molar refractivity (Wildman–Crippen MR) is 48.7 cm³/mol. The second-order valence-electron chi connectivity index (χ2n) is 3.03. The van der Waals surface area contributed by atoms with Gasteiger partial charge in [0.1, 0.15) is 0 Å². The van der Waals surface area contributed by atoms with Crippen LogP contribution in [0.5, 0.6) is 0 Å². The lowest BCUT2D eigenvalue weighted by molar-refractivity contribution is -0.122. The molecule has 72 valence electrons. The predicted octanol–water partition coefficient (Wildman–Crippen LogP) is -0.616. The number of nitrogens with two attached hydrogens (primary N) is 1. The molecule has 1 aromatic rings. The van der Waals surface area contributed by atoms with Crippen molar-refractivity contribution in [1.29, 1.82) is 0 Å². The fourth-order valence-electron chi connectivity index (χ4n) is 0.913. The van der Waals surface area contributed by atoms with Crippen molar-refractivity contribution >= 4 is 5.91 Å². The Hall–Kier alpha value is -1.36. The molecule has 0 saturated heterocycles. The van der Waals surface area contributed by atoms with E-state index in [0.717, 1.165) is 5.56 Å². The maximum atomic E-state index is 11.1. The zero-order chi connectivity index (χ0) is 9.84. The van der Waals surface area contributed by atoms with Gasteiger partial charge in [0.2, 0.25) is 5.91 Å². The summed E-state index contributed by atoms with van der Waals surface area (Å²) in [4.78, 5) is 11.1. The molecule has 1 rings (SSSR count). The molecular formula is C8H14N4O. The van der Waals surface area contributed by atoms with Crippen molar-refractivity contribution < 1.29 is 4.79 Å². The number of carbonyl (C=O) groups excluding carboxylic acids is 1. The SMILES string of the molecule is CC(N)C(=O)NCc1cnn(C)c1. The van der Waals surface area contributed by atoms with Gasteiger partial charge in [0, 0.05) is 25.4 Å². The van der Waals surface area contributed by atoms with Crippen LogP contribution in [0.3, 0.4) is 0 Å². The van der Waals surface area contributed by atoms with Crippen molar-refractivity contribution in [2.45, 2.75) is 19.5 Å². The monoisotopic (exact) mass is 182 g/mol. The zero-order valence-electron chi connectivity index (χ0n) is 7.82. The summed E-state index contributed by atoms with van der Waals surface area (Å²) in [6.07, 6.45) is 3.56. The van der Waals surface area contributed by atoms with Crippen LogP contribution in [0.4, 0.5) is 0 Å². The van der Waals surface area contributed by atoms with E-state index in [1.165, 1.54) is 0 Å². The molecule has 5 nitrogen and oxygen atoms in total. The number of amides is 1. The number of aryl methyl sites for hydroxylation is 1. The van der Waals surface area contributed by atoms with Crippen LogP contribution >= 0.6 is 0 Å². The second kappa shape index (κ2) is 4.04. The number of hydrogen-bond donors (Lipinski definition) is 2. The summed E-state index contributed by atoms with van der Waals surface area (Å²) in [6, 6.07) is -0.461. The summed E-state index contributed by atoms with van der Waals surface area (Å²) >= 11 is 0. The largest absolute Gasteiger partial charge is 0.351 e. The first-order valence-corrected chi connectivity index (χ1v) is 4.10. The van der Waals surface area contributed by atoms with Gasteiger partial charge in [0.05, 0.1) is 12.2 Å². The molecule has 0 aliphatic rings. The van der Waals surface area contributed by atoms with Crippen LogP contribution in [-0.2, 0) is 18.4 Å². The maximum absolute atomic E-state index is 11.1. The summed E-state index contributed by atoms with van der Waals surface area (Å²) in [5.41, 5.74) is 6.34. The number of aromatic nitrogens is 2. The van der Waals surface area contributed by atoms with E-state index in [2.05, 4.69) is 10.4 Å². The smallest absolute Gasteiger partial charge is 0.236 e. The highest BCUT2D eigenvalue weighted by Crippen LogP contribution is 1.94. The zero-order valence-corrected chi connectivity index (χ0v) is 7.82. The summed E-state index contributed by atoms with van der Waals surface area (Å²) in [7, 11) is 1.83. The van der Waals surface area contributed by atoms with E-state index in [1.807, 2.05) is 13.2 Å². The van der Waals surface area contributed by atoms with Gasteiger partial charge >= 0.3 is 0 Å². The number of hydrogen-bond acceptors (Lipinski definition) is 3. The van der Waals surface area contributed by atoms with Crippen LogP contribution in [0, 0.1) is 0 Å². The Morgan fingerprint density at radius 3 is 3.00 bits per heavy atom. The first-order valence-electron chi connectivity index (χ1n) is 4.10. The van der Waals surface area contributed by atoms with E-state index >= 15 is 0 Å². The van der Waals surface area contributed by atoms with Gasteiger partial charge < -0.3 is 11.1 Å². The van der Waals surface area contributed by atoms with Gasteiger partial charge in [-0.3, -0.25) is 9.48 Å². The van der Waals surface area contributed by atoms with E-state index in [4.69, 9.17) is 5.73 Å². The maximum Gasteiger partial charge on any atom is 0.236 e. The van der Waals surface area contributed by atoms with Crippen LogP contribution < -0.4 is 11.1 Å². The first-order chi connectivity index (χ1) is 6.09. The van der Waals surface area contributed by atoms with E-state index in [1.54, 1.807) is 17.8 Å².